The van der Waals surface area contributed by atoms with Gasteiger partial charge in [-0.3, -0.25) is 0 Å². The molecule has 0 aromatic heterocycles. The number of methoxy groups -OCH3 is 2. The maximum Gasteiger partial charge on any atom is 0.161 e. The van der Waals surface area contributed by atoms with Gasteiger partial charge in [-0.1, -0.05) is 23.8 Å². The van der Waals surface area contributed by atoms with Crippen molar-refractivity contribution in [2.75, 3.05) is 20.8 Å². The molecule has 0 fully saturated rings. The molecule has 3 nitrogen and oxygen atoms in total. The van der Waals surface area contributed by atoms with E-state index in [2.05, 4.69) is 49.5 Å². The Kier molecular flexibility index (Phi) is 4.08. The number of ether oxygens (including phenoxy) is 2. The van der Waals surface area contributed by atoms with E-state index in [1.807, 2.05) is 0 Å². The van der Waals surface area contributed by atoms with Gasteiger partial charge in [0.05, 0.1) is 20.3 Å². The number of hydrogen-bond donors (Lipinski definition) is 1. The molecule has 116 valence electrons. The lowest BCUT2D eigenvalue weighted by Crippen LogP contribution is -2.31. The van der Waals surface area contributed by atoms with Gasteiger partial charge in [0, 0.05) is 6.54 Å². The molecule has 3 heteroatoms. The summed E-state index contributed by atoms with van der Waals surface area (Å²) in [7, 11) is 3.37. The van der Waals surface area contributed by atoms with Gasteiger partial charge in [-0.2, -0.15) is 0 Å². The summed E-state index contributed by atoms with van der Waals surface area (Å²) in [6, 6.07) is 11.1. The Balaban J connectivity index is 2.10. The summed E-state index contributed by atoms with van der Waals surface area (Å²) in [4.78, 5) is 0. The first-order chi connectivity index (χ1) is 10.6. The lowest BCUT2D eigenvalue weighted by atomic mass is 9.87. The maximum atomic E-state index is 5.48. The molecule has 0 spiro atoms. The van der Waals surface area contributed by atoms with Crippen LogP contribution in [0.3, 0.4) is 0 Å². The fraction of sp³-hybridized carbons (Fsp3) is 0.368. The molecule has 22 heavy (non-hydrogen) atoms. The number of aryl methyl sites for hydroxylation is 2. The van der Waals surface area contributed by atoms with Crippen molar-refractivity contribution in [1.29, 1.82) is 0 Å². The summed E-state index contributed by atoms with van der Waals surface area (Å²) in [5.41, 5.74) is 6.57. The molecule has 0 saturated heterocycles. The van der Waals surface area contributed by atoms with Gasteiger partial charge in [0.1, 0.15) is 0 Å². The fourth-order valence-corrected chi connectivity index (χ4v) is 3.31. The third-order valence-corrected chi connectivity index (χ3v) is 4.44. The van der Waals surface area contributed by atoms with E-state index >= 15 is 0 Å². The van der Waals surface area contributed by atoms with Gasteiger partial charge in [0.15, 0.2) is 11.5 Å². The minimum Gasteiger partial charge on any atom is -0.493 e. The highest BCUT2D eigenvalue weighted by atomic mass is 16.5. The summed E-state index contributed by atoms with van der Waals surface area (Å²) in [6.45, 7) is 5.28. The van der Waals surface area contributed by atoms with Crippen molar-refractivity contribution < 1.29 is 9.47 Å². The van der Waals surface area contributed by atoms with E-state index in [4.69, 9.17) is 9.47 Å². The van der Waals surface area contributed by atoms with Crippen LogP contribution in [0.2, 0.25) is 0 Å². The molecule has 0 bridgehead atoms. The highest BCUT2D eigenvalue weighted by molar-refractivity contribution is 5.52. The molecular weight excluding hydrogens is 274 g/mol. The molecule has 1 N–H and O–H groups in total. The Hall–Kier alpha value is -2.00. The van der Waals surface area contributed by atoms with Crippen LogP contribution < -0.4 is 14.8 Å². The molecule has 0 aliphatic carbocycles. The van der Waals surface area contributed by atoms with E-state index in [1.54, 1.807) is 14.2 Å². The molecular formula is C19H23NO2. The van der Waals surface area contributed by atoms with Crippen LogP contribution in [0.5, 0.6) is 11.5 Å². The van der Waals surface area contributed by atoms with Crippen molar-refractivity contribution in [3.8, 4) is 11.5 Å². The van der Waals surface area contributed by atoms with Gasteiger partial charge in [0.2, 0.25) is 0 Å². The summed E-state index contributed by atoms with van der Waals surface area (Å²) < 4.78 is 10.9. The zero-order valence-electron chi connectivity index (χ0n) is 13.7. The van der Waals surface area contributed by atoms with Gasteiger partial charge in [0.25, 0.3) is 0 Å². The Morgan fingerprint density at radius 1 is 0.955 bits per heavy atom. The molecule has 2 aromatic carbocycles. The predicted octanol–water partition coefficient (Wildman–Crippen LogP) is 3.56. The minimum atomic E-state index is 0.212. The van der Waals surface area contributed by atoms with Crippen molar-refractivity contribution >= 4 is 0 Å². The van der Waals surface area contributed by atoms with Gasteiger partial charge >= 0.3 is 0 Å². The first-order valence-corrected chi connectivity index (χ1v) is 7.69. The number of fused-ring (bicyclic) bond motifs is 1. The third-order valence-electron chi connectivity index (χ3n) is 4.44. The fourth-order valence-electron chi connectivity index (χ4n) is 3.31. The van der Waals surface area contributed by atoms with Crippen LogP contribution in [-0.4, -0.2) is 20.8 Å². The largest absolute Gasteiger partial charge is 0.493 e. The summed E-state index contributed by atoms with van der Waals surface area (Å²) in [5, 5.41) is 3.64. The van der Waals surface area contributed by atoms with Crippen LogP contribution >= 0.6 is 0 Å². The SMILES string of the molecule is COc1cc2c(cc1OC)[C@@H](c1ccc(C)cc1C)NCC2. The average Bonchev–Trinajstić information content (AvgIpc) is 2.53. The van der Waals surface area contributed by atoms with Crippen molar-refractivity contribution in [1.82, 2.24) is 5.32 Å². The second-order valence-electron chi connectivity index (χ2n) is 5.90. The minimum absolute atomic E-state index is 0.212. The van der Waals surface area contributed by atoms with Crippen LogP contribution in [0, 0.1) is 13.8 Å². The third kappa shape index (κ3) is 2.57. The first kappa shape index (κ1) is 14.9. The predicted molar refractivity (Wildman–Crippen MR) is 89.0 cm³/mol. The highest BCUT2D eigenvalue weighted by Gasteiger charge is 2.24. The molecule has 1 aliphatic heterocycles. The Labute approximate surface area is 132 Å². The standard InChI is InChI=1S/C19H23NO2/c1-12-5-6-15(13(2)9-12)19-16-11-18(22-4)17(21-3)10-14(16)7-8-20-19/h5-6,9-11,19-20H,7-8H2,1-4H3/t19-/m1/s1. The van der Waals surface area contributed by atoms with Gasteiger partial charge < -0.3 is 14.8 Å². The van der Waals surface area contributed by atoms with Crippen molar-refractivity contribution in [2.45, 2.75) is 26.3 Å². The number of rotatable bonds is 3. The smallest absolute Gasteiger partial charge is 0.161 e. The van der Waals surface area contributed by atoms with Gasteiger partial charge in [-0.15, -0.1) is 0 Å². The summed E-state index contributed by atoms with van der Waals surface area (Å²) >= 11 is 0. The van der Waals surface area contributed by atoms with Crippen LogP contribution in [0.4, 0.5) is 0 Å². The highest BCUT2D eigenvalue weighted by Crippen LogP contribution is 2.38. The topological polar surface area (TPSA) is 30.5 Å². The van der Waals surface area contributed by atoms with E-state index in [0.717, 1.165) is 24.5 Å². The Bertz CT molecular complexity index is 694. The molecule has 1 heterocycles. The van der Waals surface area contributed by atoms with E-state index < -0.39 is 0 Å². The molecule has 0 saturated carbocycles. The quantitative estimate of drug-likeness (QED) is 0.939. The van der Waals surface area contributed by atoms with E-state index in [-0.39, 0.29) is 6.04 Å². The van der Waals surface area contributed by atoms with Crippen LogP contribution in [0.15, 0.2) is 30.3 Å². The monoisotopic (exact) mass is 297 g/mol. The zero-order valence-corrected chi connectivity index (χ0v) is 13.7. The average molecular weight is 297 g/mol. The molecule has 0 radical (unpaired) electrons. The Morgan fingerprint density at radius 3 is 2.36 bits per heavy atom. The number of benzene rings is 2. The van der Waals surface area contributed by atoms with Crippen molar-refractivity contribution in [2.24, 2.45) is 0 Å². The molecule has 1 atom stereocenters. The summed E-state index contributed by atoms with van der Waals surface area (Å²) in [6.07, 6.45) is 1.01. The molecule has 0 amide bonds. The van der Waals surface area contributed by atoms with E-state index in [0.29, 0.717) is 0 Å². The number of hydrogen-bond acceptors (Lipinski definition) is 3. The second kappa shape index (κ2) is 6.01. The molecule has 0 unspecified atom stereocenters. The molecule has 2 aromatic rings. The Morgan fingerprint density at radius 2 is 1.68 bits per heavy atom. The van der Waals surface area contributed by atoms with Crippen LogP contribution in [0.25, 0.3) is 0 Å². The lowest BCUT2D eigenvalue weighted by molar-refractivity contribution is 0.353. The van der Waals surface area contributed by atoms with Crippen molar-refractivity contribution in [3.05, 3.63) is 58.1 Å². The number of nitrogens with one attached hydrogen (secondary N) is 1. The van der Waals surface area contributed by atoms with E-state index in [9.17, 15) is 0 Å². The van der Waals surface area contributed by atoms with Crippen molar-refractivity contribution in [3.63, 3.8) is 0 Å². The summed E-state index contributed by atoms with van der Waals surface area (Å²) in [5.74, 6) is 1.60. The van der Waals surface area contributed by atoms with E-state index in [1.165, 1.54) is 27.8 Å². The first-order valence-electron chi connectivity index (χ1n) is 7.69. The van der Waals surface area contributed by atoms with Gasteiger partial charge in [-0.05, 0) is 54.7 Å². The lowest BCUT2D eigenvalue weighted by Gasteiger charge is -2.29. The normalized spacial score (nSPS) is 17.0. The molecule has 3 rings (SSSR count). The van der Waals surface area contributed by atoms with Gasteiger partial charge in [-0.25, -0.2) is 0 Å². The second-order valence-corrected chi connectivity index (χ2v) is 5.90. The molecule has 1 aliphatic rings. The van der Waals surface area contributed by atoms with Crippen LogP contribution in [0.1, 0.15) is 33.9 Å². The zero-order chi connectivity index (χ0) is 15.7. The van der Waals surface area contributed by atoms with Crippen LogP contribution in [-0.2, 0) is 6.42 Å². The maximum absolute atomic E-state index is 5.48.